The second-order valence-electron chi connectivity index (χ2n) is 7.17. The summed E-state index contributed by atoms with van der Waals surface area (Å²) in [6, 6.07) is 0. The third-order valence-corrected chi connectivity index (χ3v) is 4.54. The molecule has 4 nitrogen and oxygen atoms in total. The van der Waals surface area contributed by atoms with E-state index in [2.05, 4.69) is 11.7 Å². The molecular formula is C21H40O4Zn. The zero-order chi connectivity index (χ0) is 18.8. The average molecular weight is 422 g/mol. The van der Waals surface area contributed by atoms with E-state index in [0.29, 0.717) is 0 Å². The summed E-state index contributed by atoms with van der Waals surface area (Å²) in [5.41, 5.74) is 0. The van der Waals surface area contributed by atoms with Gasteiger partial charge in [0.15, 0.2) is 0 Å². The Morgan fingerprint density at radius 3 is 1.42 bits per heavy atom. The first-order valence-corrected chi connectivity index (χ1v) is 10.5. The van der Waals surface area contributed by atoms with Crippen LogP contribution in [-0.4, -0.2) is 23.1 Å². The summed E-state index contributed by atoms with van der Waals surface area (Å²) in [5, 5.41) is 8.95. The second kappa shape index (κ2) is 21.0. The van der Waals surface area contributed by atoms with Gasteiger partial charge in [-0.2, -0.15) is 0 Å². The molecule has 0 aliphatic rings. The van der Waals surface area contributed by atoms with Crippen molar-refractivity contribution < 1.29 is 38.9 Å². The number of hydrogen-bond donors (Lipinski definition) is 1. The summed E-state index contributed by atoms with van der Waals surface area (Å²) in [7, 11) is 0. The standard InChI is InChI=1S/C21H40O4.Zn/c1-3-4-5-6-7-8-9-10-11-12-13-14-15-16-17-18-20(23)25-21(24)19(2)22;/h19,22H,3-18H2,1-2H3;. The molecule has 0 radical (unpaired) electrons. The summed E-state index contributed by atoms with van der Waals surface area (Å²) >= 11 is 0. The van der Waals surface area contributed by atoms with Crippen molar-refractivity contribution in [3.05, 3.63) is 0 Å². The van der Waals surface area contributed by atoms with Gasteiger partial charge >= 0.3 is 11.9 Å². The molecule has 0 aromatic carbocycles. The van der Waals surface area contributed by atoms with Crippen molar-refractivity contribution >= 4 is 11.9 Å². The smallest absolute Gasteiger partial charge is 0.342 e. The normalized spacial score (nSPS) is 11.7. The Balaban J connectivity index is 0. The number of unbranched alkanes of at least 4 members (excludes halogenated alkanes) is 14. The van der Waals surface area contributed by atoms with E-state index in [9.17, 15) is 9.59 Å². The van der Waals surface area contributed by atoms with Crippen molar-refractivity contribution in [1.82, 2.24) is 0 Å². The Hall–Kier alpha value is -0.277. The van der Waals surface area contributed by atoms with Gasteiger partial charge in [-0.15, -0.1) is 0 Å². The van der Waals surface area contributed by atoms with E-state index in [4.69, 9.17) is 5.11 Å². The molecule has 150 valence electrons. The number of aliphatic hydroxyl groups excluding tert-OH is 1. The molecule has 0 heterocycles. The molecule has 5 heteroatoms. The molecule has 0 amide bonds. The van der Waals surface area contributed by atoms with Crippen LogP contribution >= 0.6 is 0 Å². The fraction of sp³-hybridized carbons (Fsp3) is 0.905. The number of aliphatic hydroxyl groups is 1. The van der Waals surface area contributed by atoms with Crippen LogP contribution in [0.4, 0.5) is 0 Å². The largest absolute Gasteiger partial charge is 0.391 e. The van der Waals surface area contributed by atoms with Crippen molar-refractivity contribution in [3.63, 3.8) is 0 Å². The number of carbonyl (C=O) groups excluding carboxylic acids is 2. The van der Waals surface area contributed by atoms with Gasteiger partial charge in [0.25, 0.3) is 0 Å². The second-order valence-corrected chi connectivity index (χ2v) is 7.17. The molecule has 1 N–H and O–H groups in total. The number of esters is 2. The molecule has 0 aromatic heterocycles. The van der Waals surface area contributed by atoms with Crippen LogP contribution in [0.1, 0.15) is 117 Å². The van der Waals surface area contributed by atoms with Crippen LogP contribution in [0.15, 0.2) is 0 Å². The van der Waals surface area contributed by atoms with Gasteiger partial charge in [-0.1, -0.05) is 96.8 Å². The number of carbonyl (C=O) groups is 2. The summed E-state index contributed by atoms with van der Waals surface area (Å²) in [5.74, 6) is -1.38. The van der Waals surface area contributed by atoms with E-state index >= 15 is 0 Å². The third kappa shape index (κ3) is 20.0. The van der Waals surface area contributed by atoms with Crippen LogP contribution in [0.2, 0.25) is 0 Å². The maximum Gasteiger partial charge on any atom is 0.342 e. The molecule has 0 aliphatic heterocycles. The Labute approximate surface area is 173 Å². The molecule has 1 atom stereocenters. The van der Waals surface area contributed by atoms with Crippen LogP contribution in [0, 0.1) is 0 Å². The van der Waals surface area contributed by atoms with Crippen molar-refractivity contribution in [2.24, 2.45) is 0 Å². The predicted octanol–water partition coefficient (Wildman–Crippen LogP) is 5.70. The molecule has 0 saturated carbocycles. The van der Waals surface area contributed by atoms with Gasteiger partial charge in [0.1, 0.15) is 6.10 Å². The monoisotopic (exact) mass is 420 g/mol. The Kier molecular flexibility index (Phi) is 22.6. The van der Waals surface area contributed by atoms with Gasteiger partial charge in [-0.3, -0.25) is 4.79 Å². The minimum Gasteiger partial charge on any atom is -0.391 e. The SMILES string of the molecule is CCCCCCCCCCCCCCCCCC(=O)OC(=O)C(C)O.[Zn]. The van der Waals surface area contributed by atoms with Crippen molar-refractivity contribution in [2.75, 3.05) is 0 Å². The van der Waals surface area contributed by atoms with Crippen molar-refractivity contribution in [3.8, 4) is 0 Å². The molecule has 0 spiro atoms. The topological polar surface area (TPSA) is 63.6 Å². The molecule has 1 unspecified atom stereocenters. The van der Waals surface area contributed by atoms with Gasteiger partial charge in [0.2, 0.25) is 0 Å². The first kappa shape index (κ1) is 27.9. The minimum atomic E-state index is -1.23. The van der Waals surface area contributed by atoms with Gasteiger partial charge in [-0.05, 0) is 13.3 Å². The van der Waals surface area contributed by atoms with Crippen molar-refractivity contribution in [2.45, 2.75) is 123 Å². The summed E-state index contributed by atoms with van der Waals surface area (Å²) in [4.78, 5) is 22.4. The number of ether oxygens (including phenoxy) is 1. The first-order chi connectivity index (χ1) is 12.1. The molecule has 0 bridgehead atoms. The Bertz CT molecular complexity index is 332. The van der Waals surface area contributed by atoms with Gasteiger partial charge < -0.3 is 9.84 Å². The Morgan fingerprint density at radius 2 is 1.08 bits per heavy atom. The van der Waals surface area contributed by atoms with E-state index in [0.717, 1.165) is 19.3 Å². The van der Waals surface area contributed by atoms with E-state index < -0.39 is 18.0 Å². The Morgan fingerprint density at radius 1 is 0.731 bits per heavy atom. The number of rotatable bonds is 17. The number of hydrogen-bond acceptors (Lipinski definition) is 4. The quantitative estimate of drug-likeness (QED) is 0.142. The summed E-state index contributed by atoms with van der Waals surface area (Å²) in [6.07, 6.45) is 18.2. The van der Waals surface area contributed by atoms with Gasteiger partial charge in [0, 0.05) is 25.9 Å². The van der Waals surface area contributed by atoms with E-state index in [1.54, 1.807) is 0 Å². The zero-order valence-corrected chi connectivity index (χ0v) is 20.2. The van der Waals surface area contributed by atoms with E-state index in [1.807, 2.05) is 0 Å². The molecular weight excluding hydrogens is 382 g/mol. The first-order valence-electron chi connectivity index (χ1n) is 10.5. The zero-order valence-electron chi connectivity index (χ0n) is 17.3. The van der Waals surface area contributed by atoms with Crippen LogP contribution in [-0.2, 0) is 33.8 Å². The maximum atomic E-state index is 11.3. The average Bonchev–Trinajstić information content (AvgIpc) is 2.58. The fourth-order valence-electron chi connectivity index (χ4n) is 2.89. The van der Waals surface area contributed by atoms with Gasteiger partial charge in [-0.25, -0.2) is 4.79 Å². The minimum absolute atomic E-state index is 0. The molecule has 0 fully saturated rings. The summed E-state index contributed by atoms with van der Waals surface area (Å²) < 4.78 is 4.50. The maximum absolute atomic E-state index is 11.3. The van der Waals surface area contributed by atoms with Gasteiger partial charge in [0.05, 0.1) is 0 Å². The van der Waals surface area contributed by atoms with E-state index in [-0.39, 0.29) is 25.9 Å². The van der Waals surface area contributed by atoms with Crippen LogP contribution in [0.3, 0.4) is 0 Å². The molecule has 0 saturated heterocycles. The fourth-order valence-corrected chi connectivity index (χ4v) is 2.89. The molecule has 0 rings (SSSR count). The van der Waals surface area contributed by atoms with Crippen LogP contribution in [0.5, 0.6) is 0 Å². The molecule has 0 aliphatic carbocycles. The molecule has 26 heavy (non-hydrogen) atoms. The summed E-state index contributed by atoms with van der Waals surface area (Å²) in [6.45, 7) is 3.55. The van der Waals surface area contributed by atoms with Crippen molar-refractivity contribution in [1.29, 1.82) is 0 Å². The van der Waals surface area contributed by atoms with E-state index in [1.165, 1.54) is 84.0 Å². The van der Waals surface area contributed by atoms with Crippen LogP contribution < -0.4 is 0 Å². The van der Waals surface area contributed by atoms with Crippen LogP contribution in [0.25, 0.3) is 0 Å². The predicted molar refractivity (Wildman–Crippen MR) is 102 cm³/mol. The molecule has 0 aromatic rings. The third-order valence-electron chi connectivity index (χ3n) is 4.54.